The van der Waals surface area contributed by atoms with Gasteiger partial charge >= 0.3 is 0 Å². The predicted molar refractivity (Wildman–Crippen MR) is 56.9 cm³/mol. The number of benzene rings is 1. The highest BCUT2D eigenvalue weighted by molar-refractivity contribution is 5.60. The van der Waals surface area contributed by atoms with E-state index in [0.29, 0.717) is 5.69 Å². The molecule has 0 spiro atoms. The van der Waals surface area contributed by atoms with Gasteiger partial charge in [0.2, 0.25) is 0 Å². The minimum atomic E-state index is 0.390. The Balaban J connectivity index is 2.50. The van der Waals surface area contributed by atoms with Crippen molar-refractivity contribution >= 4 is 0 Å². The van der Waals surface area contributed by atoms with Gasteiger partial charge in [-0.15, -0.1) is 0 Å². The van der Waals surface area contributed by atoms with E-state index in [1.54, 1.807) is 6.07 Å². The molecule has 3 heteroatoms. The van der Waals surface area contributed by atoms with Gasteiger partial charge in [-0.25, -0.2) is 9.97 Å². The summed E-state index contributed by atoms with van der Waals surface area (Å²) in [6, 6.07) is 11.7. The van der Waals surface area contributed by atoms with Crippen LogP contribution in [0.4, 0.5) is 0 Å². The maximum atomic E-state index is 8.72. The highest BCUT2D eigenvalue weighted by atomic mass is 14.8. The topological polar surface area (TPSA) is 49.6 Å². The van der Waals surface area contributed by atoms with E-state index in [9.17, 15) is 0 Å². The highest BCUT2D eigenvalue weighted by Gasteiger charge is 2.00. The summed E-state index contributed by atoms with van der Waals surface area (Å²) < 4.78 is 0. The molecule has 1 heterocycles. The molecule has 0 aliphatic carbocycles. The lowest BCUT2D eigenvalue weighted by atomic mass is 10.1. The molecule has 0 N–H and O–H groups in total. The Hall–Kier alpha value is -2.21. The summed E-state index contributed by atoms with van der Waals surface area (Å²) in [5.74, 6) is 0. The van der Waals surface area contributed by atoms with Crippen molar-refractivity contribution in [3.8, 4) is 17.3 Å². The number of rotatable bonds is 1. The number of aryl methyl sites for hydroxylation is 1. The van der Waals surface area contributed by atoms with Gasteiger partial charge < -0.3 is 0 Å². The maximum absolute atomic E-state index is 8.72. The van der Waals surface area contributed by atoms with E-state index in [1.807, 2.05) is 37.3 Å². The lowest BCUT2D eigenvalue weighted by Gasteiger charge is -2.01. The van der Waals surface area contributed by atoms with Crippen molar-refractivity contribution in [2.75, 3.05) is 0 Å². The van der Waals surface area contributed by atoms with E-state index in [2.05, 4.69) is 9.97 Å². The Morgan fingerprint density at radius 2 is 2.07 bits per heavy atom. The summed E-state index contributed by atoms with van der Waals surface area (Å²) in [6.45, 7) is 2.02. The van der Waals surface area contributed by atoms with E-state index in [1.165, 1.54) is 11.9 Å². The van der Waals surface area contributed by atoms with E-state index in [-0.39, 0.29) is 0 Å². The molecule has 72 valence electrons. The molecule has 0 atom stereocenters. The zero-order valence-corrected chi connectivity index (χ0v) is 8.31. The first-order valence-corrected chi connectivity index (χ1v) is 4.59. The van der Waals surface area contributed by atoms with Gasteiger partial charge in [0.05, 0.1) is 5.69 Å². The van der Waals surface area contributed by atoms with Crippen molar-refractivity contribution in [2.45, 2.75) is 6.92 Å². The van der Waals surface area contributed by atoms with Crippen molar-refractivity contribution in [2.24, 2.45) is 0 Å². The van der Waals surface area contributed by atoms with Gasteiger partial charge in [-0.05, 0) is 13.0 Å². The minimum absolute atomic E-state index is 0.390. The molecule has 0 saturated carbocycles. The third kappa shape index (κ3) is 2.00. The minimum Gasteiger partial charge on any atom is -0.236 e. The second kappa shape index (κ2) is 3.89. The van der Waals surface area contributed by atoms with Crippen LogP contribution in [0.15, 0.2) is 36.7 Å². The number of nitrogens with zero attached hydrogens (tertiary/aromatic N) is 3. The maximum Gasteiger partial charge on any atom is 0.144 e. The molecule has 0 radical (unpaired) electrons. The van der Waals surface area contributed by atoms with Gasteiger partial charge in [0.1, 0.15) is 18.1 Å². The fourth-order valence-electron chi connectivity index (χ4n) is 1.38. The molecule has 0 fully saturated rings. The SMILES string of the molecule is Cc1cccc(-c2cc(C#N)ncn2)c1. The summed E-state index contributed by atoms with van der Waals surface area (Å²) in [4.78, 5) is 7.97. The second-order valence-electron chi connectivity index (χ2n) is 3.27. The number of hydrogen-bond donors (Lipinski definition) is 0. The van der Waals surface area contributed by atoms with Crippen LogP contribution in [0.1, 0.15) is 11.3 Å². The van der Waals surface area contributed by atoms with Crippen LogP contribution in [0.25, 0.3) is 11.3 Å². The van der Waals surface area contributed by atoms with Crippen molar-refractivity contribution in [1.82, 2.24) is 9.97 Å². The predicted octanol–water partition coefficient (Wildman–Crippen LogP) is 2.32. The van der Waals surface area contributed by atoms with Crippen molar-refractivity contribution < 1.29 is 0 Å². The molecular weight excluding hydrogens is 186 g/mol. The average Bonchev–Trinajstić information content (AvgIpc) is 2.29. The zero-order valence-electron chi connectivity index (χ0n) is 8.31. The number of aromatic nitrogens is 2. The molecule has 0 saturated heterocycles. The molecule has 3 nitrogen and oxygen atoms in total. The summed E-state index contributed by atoms with van der Waals surface area (Å²) >= 11 is 0. The van der Waals surface area contributed by atoms with Crippen LogP contribution < -0.4 is 0 Å². The molecule has 0 bridgehead atoms. The summed E-state index contributed by atoms with van der Waals surface area (Å²) in [5.41, 5.74) is 3.35. The second-order valence-corrected chi connectivity index (χ2v) is 3.27. The van der Waals surface area contributed by atoms with Gasteiger partial charge in [0, 0.05) is 11.6 Å². The first-order valence-electron chi connectivity index (χ1n) is 4.59. The summed E-state index contributed by atoms with van der Waals surface area (Å²) in [6.07, 6.45) is 1.41. The summed E-state index contributed by atoms with van der Waals surface area (Å²) in [5, 5.41) is 8.72. The Morgan fingerprint density at radius 1 is 1.20 bits per heavy atom. The van der Waals surface area contributed by atoms with Crippen LogP contribution in [0.3, 0.4) is 0 Å². The number of hydrogen-bond acceptors (Lipinski definition) is 3. The molecule has 1 aromatic heterocycles. The zero-order chi connectivity index (χ0) is 10.7. The Kier molecular flexibility index (Phi) is 2.42. The Labute approximate surface area is 88.1 Å². The fraction of sp³-hybridized carbons (Fsp3) is 0.0833. The third-order valence-corrected chi connectivity index (χ3v) is 2.10. The van der Waals surface area contributed by atoms with Crippen LogP contribution >= 0.6 is 0 Å². The van der Waals surface area contributed by atoms with Gasteiger partial charge in [-0.2, -0.15) is 5.26 Å². The molecule has 15 heavy (non-hydrogen) atoms. The Morgan fingerprint density at radius 3 is 2.80 bits per heavy atom. The number of nitriles is 1. The van der Waals surface area contributed by atoms with Crippen LogP contribution in [0.2, 0.25) is 0 Å². The van der Waals surface area contributed by atoms with Crippen LogP contribution in [-0.2, 0) is 0 Å². The molecule has 2 rings (SSSR count). The average molecular weight is 195 g/mol. The van der Waals surface area contributed by atoms with Crippen molar-refractivity contribution in [3.05, 3.63) is 47.9 Å². The Bertz CT molecular complexity index is 526. The molecule has 0 unspecified atom stereocenters. The van der Waals surface area contributed by atoms with Crippen LogP contribution in [0.5, 0.6) is 0 Å². The van der Waals surface area contributed by atoms with Crippen LogP contribution in [-0.4, -0.2) is 9.97 Å². The lowest BCUT2D eigenvalue weighted by Crippen LogP contribution is -1.88. The fourth-order valence-corrected chi connectivity index (χ4v) is 1.38. The van der Waals surface area contributed by atoms with Crippen molar-refractivity contribution in [1.29, 1.82) is 5.26 Å². The largest absolute Gasteiger partial charge is 0.236 e. The molecule has 0 aliphatic heterocycles. The molecular formula is C12H9N3. The normalized spacial score (nSPS) is 9.60. The smallest absolute Gasteiger partial charge is 0.144 e. The van der Waals surface area contributed by atoms with Gasteiger partial charge in [0.15, 0.2) is 0 Å². The monoisotopic (exact) mass is 195 g/mol. The quantitative estimate of drug-likeness (QED) is 0.701. The highest BCUT2D eigenvalue weighted by Crippen LogP contribution is 2.17. The molecule has 1 aromatic carbocycles. The van der Waals surface area contributed by atoms with Crippen LogP contribution in [0, 0.1) is 18.3 Å². The standard InChI is InChI=1S/C12H9N3/c1-9-3-2-4-10(5-9)12-6-11(7-13)14-8-15-12/h2-6,8H,1H3. The van der Waals surface area contributed by atoms with Gasteiger partial charge in [-0.1, -0.05) is 23.8 Å². The van der Waals surface area contributed by atoms with Gasteiger partial charge in [-0.3, -0.25) is 0 Å². The van der Waals surface area contributed by atoms with Crippen molar-refractivity contribution in [3.63, 3.8) is 0 Å². The van der Waals surface area contributed by atoms with E-state index in [0.717, 1.165) is 11.3 Å². The summed E-state index contributed by atoms with van der Waals surface area (Å²) in [7, 11) is 0. The lowest BCUT2D eigenvalue weighted by molar-refractivity contribution is 1.14. The first-order chi connectivity index (χ1) is 7.29. The van der Waals surface area contributed by atoms with E-state index < -0.39 is 0 Å². The first kappa shape index (κ1) is 9.35. The molecule has 0 aliphatic rings. The molecule has 0 amide bonds. The third-order valence-electron chi connectivity index (χ3n) is 2.10. The van der Waals surface area contributed by atoms with E-state index >= 15 is 0 Å². The van der Waals surface area contributed by atoms with Gasteiger partial charge in [0.25, 0.3) is 0 Å². The van der Waals surface area contributed by atoms with E-state index in [4.69, 9.17) is 5.26 Å². The molecule has 2 aromatic rings.